The normalized spacial score (nSPS) is 39.8. The Morgan fingerprint density at radius 1 is 0.646 bits per heavy atom. The summed E-state index contributed by atoms with van der Waals surface area (Å²) in [7, 11) is 5.13. The molecular weight excluding hydrogens is 845 g/mol. The van der Waals surface area contributed by atoms with Gasteiger partial charge in [-0.25, -0.2) is 0 Å². The van der Waals surface area contributed by atoms with Crippen LogP contribution in [0.4, 0.5) is 0 Å². The van der Waals surface area contributed by atoms with E-state index in [4.69, 9.17) is 56.8 Å². The van der Waals surface area contributed by atoms with E-state index in [-0.39, 0.29) is 49.2 Å². The molecule has 20 atom stereocenters. The monoisotopic (exact) mass is 921 g/mol. The Morgan fingerprint density at radius 2 is 1.20 bits per heavy atom. The Hall–Kier alpha value is -2.97. The minimum Gasteiger partial charge on any atom is -0.463 e. The Morgan fingerprint density at radius 3 is 1.77 bits per heavy atom. The van der Waals surface area contributed by atoms with Gasteiger partial charge in [-0.05, 0) is 57.2 Å². The number of nitrogens with one attached hydrogen (secondary N) is 1. The second-order valence-electron chi connectivity index (χ2n) is 18.3. The standard InChI is InChI=1S/C47H76N4O14/c1-25-30(6)59-44(28(4)39(25)54-11)64-41-27(3)38(50-51-48)47(62-36(41)24-58-33(9)53)65-43-31(7)60-45(29(5)42(43)55-12)63-40-26(2)37(49-10)46(61-35(40)23-57-32(8)52)56-22-18-14-17-21-34-19-15-13-16-20-34/h13,15-16,19-20,25-31,35-47,49H,14,17-18,21-24H2,1-12H3/t25-,26-,27-,28+,29+,30?,31?,35?,36?,37?,38?,39?,40+,41+,42?,43+,44+,45+,46-,47-/m1/s1. The minimum absolute atomic E-state index is 0.0398. The fraction of sp³-hybridized carbons (Fsp3) is 0.830. The van der Waals surface area contributed by atoms with E-state index in [0.29, 0.717) is 6.61 Å². The summed E-state index contributed by atoms with van der Waals surface area (Å²) < 4.78 is 75.7. The number of likely N-dealkylation sites (N-methyl/N-ethyl adjacent to an activating group) is 1. The summed E-state index contributed by atoms with van der Waals surface area (Å²) in [6.07, 6.45) is -4.25. The van der Waals surface area contributed by atoms with E-state index in [1.54, 1.807) is 14.2 Å². The third-order valence-corrected chi connectivity index (χ3v) is 13.8. The Kier molecular flexibility index (Phi) is 20.7. The summed E-state index contributed by atoms with van der Waals surface area (Å²) in [5.41, 5.74) is 11.1. The third-order valence-electron chi connectivity index (χ3n) is 13.8. The number of esters is 2. The van der Waals surface area contributed by atoms with Gasteiger partial charge in [0.15, 0.2) is 25.2 Å². The Balaban J connectivity index is 1.28. The topological polar surface area (TPSA) is 206 Å². The third kappa shape index (κ3) is 13.6. The molecule has 4 aliphatic rings. The highest BCUT2D eigenvalue weighted by Gasteiger charge is 2.54. The average molecular weight is 921 g/mol. The molecule has 18 heteroatoms. The summed E-state index contributed by atoms with van der Waals surface area (Å²) in [6.45, 7) is 16.8. The molecule has 0 aliphatic carbocycles. The van der Waals surface area contributed by atoms with Gasteiger partial charge >= 0.3 is 11.9 Å². The maximum Gasteiger partial charge on any atom is 0.302 e. The number of methoxy groups -OCH3 is 2. The van der Waals surface area contributed by atoms with Crippen molar-refractivity contribution in [2.45, 2.75) is 180 Å². The molecule has 4 heterocycles. The van der Waals surface area contributed by atoms with Crippen molar-refractivity contribution >= 4 is 11.9 Å². The largest absolute Gasteiger partial charge is 0.463 e. The zero-order valence-corrected chi connectivity index (χ0v) is 40.4. The van der Waals surface area contributed by atoms with Crippen molar-refractivity contribution < 1.29 is 66.4 Å². The molecule has 1 aromatic rings. The van der Waals surface area contributed by atoms with Crippen molar-refractivity contribution in [3.63, 3.8) is 0 Å². The number of carbonyl (C=O) groups is 2. The van der Waals surface area contributed by atoms with E-state index >= 15 is 0 Å². The van der Waals surface area contributed by atoms with Crippen LogP contribution in [0, 0.1) is 29.6 Å². The molecule has 0 aromatic heterocycles. The zero-order valence-electron chi connectivity index (χ0n) is 40.4. The second-order valence-corrected chi connectivity index (χ2v) is 18.3. The first-order valence-corrected chi connectivity index (χ1v) is 23.4. The number of ether oxygens (including phenoxy) is 12. The second kappa shape index (κ2) is 25.4. The van der Waals surface area contributed by atoms with Gasteiger partial charge in [0.25, 0.3) is 0 Å². The number of hydrogen-bond donors (Lipinski definition) is 1. The summed E-state index contributed by atoms with van der Waals surface area (Å²) >= 11 is 0. The fourth-order valence-corrected chi connectivity index (χ4v) is 9.89. The number of rotatable bonds is 21. The number of carbonyl (C=O) groups excluding carboxylic acids is 2. The van der Waals surface area contributed by atoms with E-state index in [1.165, 1.54) is 19.4 Å². The molecule has 5 rings (SSSR count). The minimum atomic E-state index is -1.10. The first-order chi connectivity index (χ1) is 31.1. The van der Waals surface area contributed by atoms with Gasteiger partial charge in [-0.3, -0.25) is 9.59 Å². The summed E-state index contributed by atoms with van der Waals surface area (Å²) in [6, 6.07) is 9.32. The van der Waals surface area contributed by atoms with Crippen LogP contribution in [0.25, 0.3) is 10.4 Å². The van der Waals surface area contributed by atoms with Crippen molar-refractivity contribution in [2.75, 3.05) is 41.1 Å². The summed E-state index contributed by atoms with van der Waals surface area (Å²) in [5.74, 6) is -2.02. The van der Waals surface area contributed by atoms with Crippen LogP contribution in [0.2, 0.25) is 0 Å². The lowest BCUT2D eigenvalue weighted by Crippen LogP contribution is -2.64. The van der Waals surface area contributed by atoms with Crippen LogP contribution in [-0.2, 0) is 72.9 Å². The molecule has 0 bridgehead atoms. The highest BCUT2D eigenvalue weighted by molar-refractivity contribution is 5.66. The summed E-state index contributed by atoms with van der Waals surface area (Å²) in [5, 5.41) is 7.54. The van der Waals surface area contributed by atoms with Gasteiger partial charge in [0, 0.05) is 63.3 Å². The maximum absolute atomic E-state index is 12.1. The molecule has 8 unspecified atom stereocenters. The highest BCUT2D eigenvalue weighted by Crippen LogP contribution is 2.41. The molecule has 0 spiro atoms. The van der Waals surface area contributed by atoms with Crippen LogP contribution >= 0.6 is 0 Å². The van der Waals surface area contributed by atoms with Crippen LogP contribution in [0.3, 0.4) is 0 Å². The number of hydrogen-bond acceptors (Lipinski definition) is 16. The first-order valence-electron chi connectivity index (χ1n) is 23.4. The van der Waals surface area contributed by atoms with Crippen LogP contribution < -0.4 is 5.32 Å². The van der Waals surface area contributed by atoms with Crippen LogP contribution in [0.5, 0.6) is 0 Å². The number of aryl methyl sites for hydroxylation is 1. The number of benzene rings is 1. The predicted molar refractivity (Wildman–Crippen MR) is 237 cm³/mol. The van der Waals surface area contributed by atoms with E-state index in [0.717, 1.165) is 25.7 Å². The number of nitrogens with zero attached hydrogens (tertiary/aromatic N) is 3. The molecular formula is C47H76N4O14. The van der Waals surface area contributed by atoms with E-state index in [1.807, 2.05) is 47.7 Å². The van der Waals surface area contributed by atoms with Gasteiger partial charge in [-0.1, -0.05) is 76.5 Å². The average Bonchev–Trinajstić information content (AvgIpc) is 3.27. The maximum atomic E-state index is 12.1. The molecule has 1 aromatic carbocycles. The molecule has 18 nitrogen and oxygen atoms in total. The fourth-order valence-electron chi connectivity index (χ4n) is 9.89. The van der Waals surface area contributed by atoms with Crippen LogP contribution in [0.15, 0.2) is 35.4 Å². The molecule has 4 saturated heterocycles. The predicted octanol–water partition coefficient (Wildman–Crippen LogP) is 6.11. The lowest BCUT2D eigenvalue weighted by molar-refractivity contribution is -0.359. The van der Waals surface area contributed by atoms with Crippen molar-refractivity contribution in [2.24, 2.45) is 34.7 Å². The molecule has 0 radical (unpaired) electrons. The quantitative estimate of drug-likeness (QED) is 0.0485. The van der Waals surface area contributed by atoms with Gasteiger partial charge in [0.1, 0.15) is 31.5 Å². The van der Waals surface area contributed by atoms with Gasteiger partial charge in [0.2, 0.25) is 0 Å². The van der Waals surface area contributed by atoms with E-state index in [9.17, 15) is 15.1 Å². The molecule has 0 saturated carbocycles. The van der Waals surface area contributed by atoms with Crippen molar-refractivity contribution in [3.05, 3.63) is 46.3 Å². The van der Waals surface area contributed by atoms with E-state index < -0.39 is 97.7 Å². The SMILES string of the molecule is CNC1[C@H](OCCCCCc2ccccc2)OC(COC(C)=O)[C@@H](O[C@@H]2OC(C)[C@H](O[C@H]3OC(COC(C)=O)[C@@H](O[C@@H]4OC(C)[C@@H](C)C(OC)[C@@H]4C)[C@H](C)C3N=[N+]=[N-])C(OC)[C@@H]2C)[C@@H]1C. The highest BCUT2D eigenvalue weighted by atomic mass is 16.8. The molecule has 0 amide bonds. The van der Waals surface area contributed by atoms with Crippen molar-refractivity contribution in [3.8, 4) is 0 Å². The van der Waals surface area contributed by atoms with Gasteiger partial charge in [0.05, 0.1) is 48.7 Å². The zero-order chi connectivity index (χ0) is 47.4. The number of unbranched alkanes of at least 4 members (excludes halogenated alkanes) is 2. The Bertz CT molecular complexity index is 1660. The lowest BCUT2D eigenvalue weighted by Gasteiger charge is -2.51. The van der Waals surface area contributed by atoms with Crippen molar-refractivity contribution in [1.82, 2.24) is 5.32 Å². The van der Waals surface area contributed by atoms with Crippen LogP contribution in [0.1, 0.15) is 87.1 Å². The van der Waals surface area contributed by atoms with Crippen LogP contribution in [-0.4, -0.2) is 145 Å². The molecule has 4 fully saturated rings. The lowest BCUT2D eigenvalue weighted by atomic mass is 9.85. The van der Waals surface area contributed by atoms with Gasteiger partial charge in [-0.2, -0.15) is 0 Å². The summed E-state index contributed by atoms with van der Waals surface area (Å²) in [4.78, 5) is 27.3. The first kappa shape index (κ1) is 53.0. The molecule has 1 N–H and O–H groups in total. The Labute approximate surface area is 385 Å². The van der Waals surface area contributed by atoms with Gasteiger partial charge in [-0.15, -0.1) is 0 Å². The number of azide groups is 1. The molecule has 65 heavy (non-hydrogen) atoms. The smallest absolute Gasteiger partial charge is 0.302 e. The van der Waals surface area contributed by atoms with Gasteiger partial charge < -0.3 is 62.2 Å². The molecule has 4 aliphatic heterocycles. The molecule has 368 valence electrons. The van der Waals surface area contributed by atoms with Crippen molar-refractivity contribution in [1.29, 1.82) is 0 Å². The van der Waals surface area contributed by atoms with E-state index in [2.05, 4.69) is 53.5 Å².